The minimum absolute atomic E-state index is 0.117. The smallest absolute Gasteiger partial charge is 0.480 e. The molecule has 0 saturated carbocycles. The molecule has 14 N–H and O–H groups in total. The van der Waals surface area contributed by atoms with Crippen molar-refractivity contribution >= 4 is 53.3 Å². The van der Waals surface area contributed by atoms with E-state index in [2.05, 4.69) is 37.2 Å². The van der Waals surface area contributed by atoms with Crippen LogP contribution in [0, 0.1) is 29.6 Å². The van der Waals surface area contributed by atoms with Crippen LogP contribution in [0.3, 0.4) is 0 Å². The molecule has 7 amide bonds. The van der Waals surface area contributed by atoms with Crippen molar-refractivity contribution < 1.29 is 71.6 Å². The summed E-state index contributed by atoms with van der Waals surface area (Å²) in [6.07, 6.45) is -4.78. The molecule has 0 heterocycles. The Morgan fingerprint density at radius 1 is 0.545 bits per heavy atom. The van der Waals surface area contributed by atoms with Gasteiger partial charge in [-0.05, 0) is 75.7 Å². The highest BCUT2D eigenvalue weighted by atomic mass is 19.4. The number of halogens is 3. The topological polar surface area (TPSA) is 351 Å². The van der Waals surface area contributed by atoms with Crippen molar-refractivity contribution in [1.29, 1.82) is 0 Å². The zero-order valence-electron chi connectivity index (χ0n) is 40.1. The van der Waals surface area contributed by atoms with Crippen molar-refractivity contribution in [2.24, 2.45) is 41.1 Å². The molecule has 0 radical (unpaired) electrons. The van der Waals surface area contributed by atoms with Gasteiger partial charge in [0, 0.05) is 0 Å². The van der Waals surface area contributed by atoms with Crippen LogP contribution in [-0.4, -0.2) is 136 Å². The van der Waals surface area contributed by atoms with Gasteiger partial charge in [0.05, 0.1) is 12.1 Å². The van der Waals surface area contributed by atoms with Gasteiger partial charge in [0.2, 0.25) is 41.4 Å². The molecule has 0 aliphatic heterocycles. The first-order valence-corrected chi connectivity index (χ1v) is 22.0. The van der Waals surface area contributed by atoms with Gasteiger partial charge in [-0.1, -0.05) is 75.7 Å². The van der Waals surface area contributed by atoms with Crippen LogP contribution in [0.2, 0.25) is 0 Å². The zero-order chi connectivity index (χ0) is 52.0. The molecular formula is C42H76F3N9O12. The standard InChI is InChI=1S/C40H75N9O10.C2HF3O2/c1-13-23(10)31(48-33(51)24(11)43-35(53)28(42)20(4)5)38(56)49-32(25(12)50)39(57)47-30(22(8)9)37(55)45-27(18-19(2)3)34(52)46-29(21(6)7)36(54)44-26(40(58)59)16-14-15-17-41;3-2(4,5)1(6)7/h19-32,50H,13-18,41-42H2,1-12H3,(H,43,53)(H,44,54)(H,45,55)(H,46,52)(H,47,57)(H,48,51)(H,49,56)(H,58,59);(H,6,7)/t23-,24-,25+,26-,27-,28-,29-,30-,31-,32-;/m0./s1. The second-order valence-electron chi connectivity index (χ2n) is 17.7. The van der Waals surface area contributed by atoms with E-state index in [9.17, 15) is 61.7 Å². The molecule has 382 valence electrons. The van der Waals surface area contributed by atoms with Crippen molar-refractivity contribution in [3.63, 3.8) is 0 Å². The van der Waals surface area contributed by atoms with Crippen LogP contribution < -0.4 is 48.7 Å². The molecule has 0 unspecified atom stereocenters. The van der Waals surface area contributed by atoms with E-state index in [1.807, 2.05) is 13.8 Å². The average molecular weight is 956 g/mol. The molecule has 0 bridgehead atoms. The van der Waals surface area contributed by atoms with Gasteiger partial charge >= 0.3 is 18.1 Å². The number of hydrogen-bond donors (Lipinski definition) is 12. The van der Waals surface area contributed by atoms with E-state index in [0.29, 0.717) is 25.8 Å². The Bertz CT molecular complexity index is 1620. The third-order valence-electron chi connectivity index (χ3n) is 10.3. The number of hydrogen-bond acceptors (Lipinski definition) is 12. The van der Waals surface area contributed by atoms with E-state index in [1.54, 1.807) is 55.4 Å². The first-order chi connectivity index (χ1) is 30.2. The predicted molar refractivity (Wildman–Crippen MR) is 237 cm³/mol. The normalized spacial score (nSPS) is 16.1. The van der Waals surface area contributed by atoms with Crippen molar-refractivity contribution in [2.75, 3.05) is 6.54 Å². The number of rotatable bonds is 27. The van der Waals surface area contributed by atoms with Crippen LogP contribution in [0.1, 0.15) is 115 Å². The van der Waals surface area contributed by atoms with Gasteiger partial charge in [-0.2, -0.15) is 13.2 Å². The molecule has 0 aliphatic rings. The van der Waals surface area contributed by atoms with Crippen molar-refractivity contribution in [1.82, 2.24) is 37.2 Å². The van der Waals surface area contributed by atoms with Crippen LogP contribution >= 0.6 is 0 Å². The lowest BCUT2D eigenvalue weighted by atomic mass is 9.96. The number of unbranched alkanes of at least 4 members (excludes halogenated alkanes) is 1. The summed E-state index contributed by atoms with van der Waals surface area (Å²) in [5.41, 5.74) is 11.4. The SMILES string of the molecule is CC[C@H](C)[C@H](NC(=O)[C@H](C)NC(=O)[C@@H](N)C(C)C)C(=O)N[C@H](C(=O)N[C@H](C(=O)N[C@@H](CC(C)C)C(=O)N[C@H](C(=O)N[C@@H](CCCCN)C(=O)O)C(C)C)C(C)C)[C@@H](C)O.O=C(O)C(F)(F)F. The molecule has 66 heavy (non-hydrogen) atoms. The second kappa shape index (κ2) is 30.2. The first-order valence-electron chi connectivity index (χ1n) is 22.0. The Balaban J connectivity index is 0. The molecule has 10 atom stereocenters. The molecule has 24 heteroatoms. The van der Waals surface area contributed by atoms with Crippen LogP contribution in [0.4, 0.5) is 13.2 Å². The van der Waals surface area contributed by atoms with Crippen LogP contribution in [0.5, 0.6) is 0 Å². The molecule has 0 aromatic heterocycles. The minimum Gasteiger partial charge on any atom is -0.480 e. The number of aliphatic hydroxyl groups is 1. The van der Waals surface area contributed by atoms with Crippen LogP contribution in [-0.2, 0) is 43.2 Å². The average Bonchev–Trinajstić information content (AvgIpc) is 3.20. The first kappa shape index (κ1) is 63.0. The summed E-state index contributed by atoms with van der Waals surface area (Å²) < 4.78 is 31.7. The Kier molecular flexibility index (Phi) is 28.9. The molecule has 0 aromatic carbocycles. The molecule has 21 nitrogen and oxygen atoms in total. The maximum absolute atomic E-state index is 13.8. The number of alkyl halides is 3. The molecular weight excluding hydrogens is 880 g/mol. The minimum atomic E-state index is -5.08. The lowest BCUT2D eigenvalue weighted by molar-refractivity contribution is -0.192. The summed E-state index contributed by atoms with van der Waals surface area (Å²) in [6, 6.07) is -9.43. The highest BCUT2D eigenvalue weighted by molar-refractivity contribution is 5.98. The summed E-state index contributed by atoms with van der Waals surface area (Å²) in [5.74, 6) is -10.8. The number of aliphatic hydroxyl groups excluding tert-OH is 1. The molecule has 0 saturated heterocycles. The molecule has 0 rings (SSSR count). The predicted octanol–water partition coefficient (Wildman–Crippen LogP) is 0.0151. The lowest BCUT2D eigenvalue weighted by Crippen LogP contribution is -2.63. The fourth-order valence-electron chi connectivity index (χ4n) is 5.85. The van der Waals surface area contributed by atoms with E-state index in [1.165, 1.54) is 13.8 Å². The number of carbonyl (C=O) groups is 9. The fraction of sp³-hybridized carbons (Fsp3) is 0.786. The Morgan fingerprint density at radius 3 is 1.33 bits per heavy atom. The van der Waals surface area contributed by atoms with E-state index >= 15 is 0 Å². The van der Waals surface area contributed by atoms with Crippen molar-refractivity contribution in [3.05, 3.63) is 0 Å². The van der Waals surface area contributed by atoms with Crippen molar-refractivity contribution in [3.8, 4) is 0 Å². The number of carboxylic acid groups (broad SMARTS) is 2. The largest absolute Gasteiger partial charge is 0.490 e. The molecule has 0 aliphatic carbocycles. The third-order valence-corrected chi connectivity index (χ3v) is 10.3. The monoisotopic (exact) mass is 956 g/mol. The Labute approximate surface area is 385 Å². The summed E-state index contributed by atoms with van der Waals surface area (Å²) in [7, 11) is 0. The van der Waals surface area contributed by atoms with E-state index in [-0.39, 0.29) is 24.7 Å². The van der Waals surface area contributed by atoms with Gasteiger partial charge in [0.1, 0.15) is 42.3 Å². The molecule has 0 spiro atoms. The third kappa shape index (κ3) is 23.4. The fourth-order valence-corrected chi connectivity index (χ4v) is 5.85. The Morgan fingerprint density at radius 2 is 0.955 bits per heavy atom. The van der Waals surface area contributed by atoms with Gasteiger partial charge in [-0.3, -0.25) is 33.6 Å². The number of nitrogens with two attached hydrogens (primary N) is 2. The highest BCUT2D eigenvalue weighted by Gasteiger charge is 2.39. The number of aliphatic carboxylic acids is 2. The number of nitrogens with one attached hydrogen (secondary N) is 7. The second-order valence-corrected chi connectivity index (χ2v) is 17.7. The van der Waals surface area contributed by atoms with E-state index in [4.69, 9.17) is 21.4 Å². The van der Waals surface area contributed by atoms with Crippen molar-refractivity contribution in [2.45, 2.75) is 176 Å². The summed E-state index contributed by atoms with van der Waals surface area (Å²) >= 11 is 0. The molecule has 0 aromatic rings. The summed E-state index contributed by atoms with van der Waals surface area (Å²) in [4.78, 5) is 114. The van der Waals surface area contributed by atoms with Crippen LogP contribution in [0.25, 0.3) is 0 Å². The maximum Gasteiger partial charge on any atom is 0.490 e. The number of amides is 7. The van der Waals surface area contributed by atoms with Gasteiger partial charge in [0.25, 0.3) is 0 Å². The molecule has 0 fully saturated rings. The van der Waals surface area contributed by atoms with Gasteiger partial charge in [0.15, 0.2) is 0 Å². The van der Waals surface area contributed by atoms with E-state index in [0.717, 1.165) is 0 Å². The van der Waals surface area contributed by atoms with Gasteiger partial charge < -0.3 is 64.0 Å². The summed E-state index contributed by atoms with van der Waals surface area (Å²) in [6.45, 7) is 20.4. The van der Waals surface area contributed by atoms with E-state index < -0.39 is 132 Å². The zero-order valence-corrected chi connectivity index (χ0v) is 40.1. The summed E-state index contributed by atoms with van der Waals surface area (Å²) in [5, 5.41) is 45.5. The highest BCUT2D eigenvalue weighted by Crippen LogP contribution is 2.14. The Hall–Kier alpha value is -5.10. The lowest BCUT2D eigenvalue weighted by Gasteiger charge is -2.31. The van der Waals surface area contributed by atoms with Crippen LogP contribution in [0.15, 0.2) is 0 Å². The number of carboxylic acids is 2. The number of carbonyl (C=O) groups excluding carboxylic acids is 7. The quantitative estimate of drug-likeness (QED) is 0.0483. The van der Waals surface area contributed by atoms with Gasteiger partial charge in [-0.25, -0.2) is 9.59 Å². The van der Waals surface area contributed by atoms with Gasteiger partial charge in [-0.15, -0.1) is 0 Å². The maximum atomic E-state index is 13.8.